The highest BCUT2D eigenvalue weighted by molar-refractivity contribution is 6.31. The largest absolute Gasteiger partial charge is 0.326 e. The van der Waals surface area contributed by atoms with Crippen molar-refractivity contribution in [2.75, 3.05) is 13.1 Å². The van der Waals surface area contributed by atoms with Crippen LogP contribution in [0.3, 0.4) is 0 Å². The molecule has 0 aromatic carbocycles. The van der Waals surface area contributed by atoms with Crippen molar-refractivity contribution >= 4 is 11.6 Å². The standard InChI is InChI=1S/C10H14ClN3/c11-10-5-13-3-1-8(10)6-14-4-2-9(12)7-14/h1,3,5,9H,2,4,6-7,12H2/t9-/m1/s1. The Kier molecular flexibility index (Phi) is 3.01. The van der Waals surface area contributed by atoms with E-state index in [0.29, 0.717) is 6.04 Å². The molecule has 14 heavy (non-hydrogen) atoms. The molecule has 0 bridgehead atoms. The molecule has 1 atom stereocenters. The number of halogens is 1. The molecular formula is C10H14ClN3. The maximum Gasteiger partial charge on any atom is 0.0634 e. The first-order valence-corrected chi connectivity index (χ1v) is 5.20. The number of rotatable bonds is 2. The lowest BCUT2D eigenvalue weighted by molar-refractivity contribution is 0.327. The Balaban J connectivity index is 2.01. The van der Waals surface area contributed by atoms with Gasteiger partial charge in [-0.05, 0) is 18.1 Å². The van der Waals surface area contributed by atoms with Crippen molar-refractivity contribution in [1.29, 1.82) is 0 Å². The summed E-state index contributed by atoms with van der Waals surface area (Å²) in [7, 11) is 0. The van der Waals surface area contributed by atoms with Gasteiger partial charge in [0, 0.05) is 38.1 Å². The Morgan fingerprint density at radius 1 is 1.64 bits per heavy atom. The monoisotopic (exact) mass is 211 g/mol. The summed E-state index contributed by atoms with van der Waals surface area (Å²) in [6, 6.07) is 2.29. The van der Waals surface area contributed by atoms with Crippen molar-refractivity contribution in [1.82, 2.24) is 9.88 Å². The average molecular weight is 212 g/mol. The van der Waals surface area contributed by atoms with Gasteiger partial charge >= 0.3 is 0 Å². The Hall–Kier alpha value is -0.640. The normalized spacial score (nSPS) is 22.9. The summed E-state index contributed by atoms with van der Waals surface area (Å²) in [6.07, 6.45) is 4.55. The zero-order chi connectivity index (χ0) is 9.97. The summed E-state index contributed by atoms with van der Waals surface area (Å²) in [6.45, 7) is 2.92. The van der Waals surface area contributed by atoms with Crippen LogP contribution in [-0.4, -0.2) is 29.0 Å². The fraction of sp³-hybridized carbons (Fsp3) is 0.500. The average Bonchev–Trinajstić information content (AvgIpc) is 2.56. The zero-order valence-electron chi connectivity index (χ0n) is 7.99. The van der Waals surface area contributed by atoms with Gasteiger partial charge in [-0.2, -0.15) is 0 Å². The summed E-state index contributed by atoms with van der Waals surface area (Å²) in [4.78, 5) is 6.28. The zero-order valence-corrected chi connectivity index (χ0v) is 8.74. The molecule has 1 saturated heterocycles. The second-order valence-electron chi connectivity index (χ2n) is 3.75. The molecule has 0 unspecified atom stereocenters. The molecule has 4 heteroatoms. The van der Waals surface area contributed by atoms with Gasteiger partial charge in [-0.1, -0.05) is 11.6 Å². The third-order valence-electron chi connectivity index (χ3n) is 2.56. The smallest absolute Gasteiger partial charge is 0.0634 e. The van der Waals surface area contributed by atoms with Crippen LogP contribution in [0.2, 0.25) is 5.02 Å². The van der Waals surface area contributed by atoms with Crippen LogP contribution < -0.4 is 5.73 Å². The Morgan fingerprint density at radius 2 is 2.50 bits per heavy atom. The van der Waals surface area contributed by atoms with E-state index < -0.39 is 0 Å². The minimum atomic E-state index is 0.329. The lowest BCUT2D eigenvalue weighted by Crippen LogP contribution is -2.26. The van der Waals surface area contributed by atoms with E-state index >= 15 is 0 Å². The molecule has 1 fully saturated rings. The number of nitrogens with two attached hydrogens (primary N) is 1. The summed E-state index contributed by atoms with van der Waals surface area (Å²) in [5.41, 5.74) is 6.96. The molecule has 2 N–H and O–H groups in total. The van der Waals surface area contributed by atoms with E-state index in [0.717, 1.165) is 36.6 Å². The third kappa shape index (κ3) is 2.23. The lowest BCUT2D eigenvalue weighted by Gasteiger charge is -2.15. The molecule has 1 aliphatic heterocycles. The Bertz CT molecular complexity index is 316. The molecule has 0 amide bonds. The van der Waals surface area contributed by atoms with E-state index in [1.54, 1.807) is 12.4 Å². The number of likely N-dealkylation sites (tertiary alicyclic amines) is 1. The minimum Gasteiger partial charge on any atom is -0.326 e. The highest BCUT2D eigenvalue weighted by Gasteiger charge is 2.19. The second-order valence-corrected chi connectivity index (χ2v) is 4.16. The Morgan fingerprint density at radius 3 is 3.14 bits per heavy atom. The van der Waals surface area contributed by atoms with Crippen LogP contribution in [0, 0.1) is 0 Å². The van der Waals surface area contributed by atoms with Crippen LogP contribution in [0.25, 0.3) is 0 Å². The first-order valence-electron chi connectivity index (χ1n) is 4.82. The topological polar surface area (TPSA) is 42.1 Å². The third-order valence-corrected chi connectivity index (χ3v) is 2.90. The number of hydrogen-bond donors (Lipinski definition) is 1. The van der Waals surface area contributed by atoms with Gasteiger partial charge in [-0.15, -0.1) is 0 Å². The number of pyridine rings is 1. The van der Waals surface area contributed by atoms with Gasteiger partial charge in [0.05, 0.1) is 5.02 Å². The molecule has 3 nitrogen and oxygen atoms in total. The van der Waals surface area contributed by atoms with Crippen molar-refractivity contribution in [2.45, 2.75) is 19.0 Å². The van der Waals surface area contributed by atoms with Crippen molar-refractivity contribution < 1.29 is 0 Å². The molecule has 2 heterocycles. The lowest BCUT2D eigenvalue weighted by atomic mass is 10.2. The van der Waals surface area contributed by atoms with Gasteiger partial charge in [0.25, 0.3) is 0 Å². The van der Waals surface area contributed by atoms with Crippen LogP contribution in [0.15, 0.2) is 18.5 Å². The van der Waals surface area contributed by atoms with Crippen molar-refractivity contribution in [3.05, 3.63) is 29.0 Å². The van der Waals surface area contributed by atoms with Crippen LogP contribution >= 0.6 is 11.6 Å². The molecule has 1 aliphatic rings. The van der Waals surface area contributed by atoms with E-state index in [1.807, 2.05) is 6.07 Å². The summed E-state index contributed by atoms with van der Waals surface area (Å²) in [5, 5.41) is 0.743. The number of aromatic nitrogens is 1. The van der Waals surface area contributed by atoms with Crippen molar-refractivity contribution in [3.63, 3.8) is 0 Å². The number of hydrogen-bond acceptors (Lipinski definition) is 3. The first-order chi connectivity index (χ1) is 6.75. The summed E-state index contributed by atoms with van der Waals surface area (Å²) >= 11 is 6.02. The molecule has 0 aliphatic carbocycles. The van der Waals surface area contributed by atoms with Gasteiger partial charge in [0.2, 0.25) is 0 Å². The molecule has 1 aromatic rings. The van der Waals surface area contributed by atoms with Gasteiger partial charge in [-0.25, -0.2) is 0 Å². The molecule has 0 spiro atoms. The Labute approximate surface area is 88.9 Å². The van der Waals surface area contributed by atoms with Crippen LogP contribution in [0.4, 0.5) is 0 Å². The highest BCUT2D eigenvalue weighted by atomic mass is 35.5. The first kappa shape index (κ1) is 9.90. The predicted octanol–water partition coefficient (Wildman–Crippen LogP) is 1.27. The van der Waals surface area contributed by atoms with Crippen LogP contribution in [-0.2, 0) is 6.54 Å². The van der Waals surface area contributed by atoms with Gasteiger partial charge in [0.15, 0.2) is 0 Å². The quantitative estimate of drug-likeness (QED) is 0.801. The molecule has 0 radical (unpaired) electrons. The van der Waals surface area contributed by atoms with Gasteiger partial charge < -0.3 is 5.73 Å². The molecule has 0 saturated carbocycles. The maximum atomic E-state index is 6.02. The predicted molar refractivity (Wildman–Crippen MR) is 57.1 cm³/mol. The van der Waals surface area contributed by atoms with E-state index in [2.05, 4.69) is 9.88 Å². The fourth-order valence-corrected chi connectivity index (χ4v) is 1.96. The van der Waals surface area contributed by atoms with E-state index in [4.69, 9.17) is 17.3 Å². The molecule has 2 rings (SSSR count). The summed E-state index contributed by atoms with van der Waals surface area (Å²) < 4.78 is 0. The fourth-order valence-electron chi connectivity index (χ4n) is 1.78. The van der Waals surface area contributed by atoms with Crippen molar-refractivity contribution in [2.24, 2.45) is 5.73 Å². The van der Waals surface area contributed by atoms with Gasteiger partial charge in [-0.3, -0.25) is 9.88 Å². The highest BCUT2D eigenvalue weighted by Crippen LogP contribution is 2.18. The van der Waals surface area contributed by atoms with E-state index in [9.17, 15) is 0 Å². The van der Waals surface area contributed by atoms with Crippen molar-refractivity contribution in [3.8, 4) is 0 Å². The molecule has 1 aromatic heterocycles. The van der Waals surface area contributed by atoms with Crippen LogP contribution in [0.1, 0.15) is 12.0 Å². The van der Waals surface area contributed by atoms with Gasteiger partial charge in [0.1, 0.15) is 0 Å². The van der Waals surface area contributed by atoms with E-state index in [1.165, 1.54) is 0 Å². The van der Waals surface area contributed by atoms with E-state index in [-0.39, 0.29) is 0 Å². The minimum absolute atomic E-state index is 0.329. The molecule has 76 valence electrons. The molecular weight excluding hydrogens is 198 g/mol. The summed E-state index contributed by atoms with van der Waals surface area (Å²) in [5.74, 6) is 0. The second kappa shape index (κ2) is 4.26. The van der Waals surface area contributed by atoms with Crippen LogP contribution in [0.5, 0.6) is 0 Å². The number of nitrogens with zero attached hydrogens (tertiary/aromatic N) is 2. The maximum absolute atomic E-state index is 6.02. The SMILES string of the molecule is N[C@@H]1CCN(Cc2ccncc2Cl)C1.